The molecule has 4 rings (SSSR count). The molecule has 3 aromatic carbocycles. The first kappa shape index (κ1) is 17.1. The Labute approximate surface area is 166 Å². The highest BCUT2D eigenvalue weighted by Crippen LogP contribution is 2.83. The van der Waals surface area contributed by atoms with Gasteiger partial charge >= 0.3 is 0 Å². The quantitative estimate of drug-likeness (QED) is 0.378. The number of alkyl halides is 2. The van der Waals surface area contributed by atoms with Crippen molar-refractivity contribution < 1.29 is 0 Å². The van der Waals surface area contributed by atoms with E-state index in [4.69, 9.17) is 0 Å². The van der Waals surface area contributed by atoms with Crippen LogP contribution in [0.3, 0.4) is 0 Å². The van der Waals surface area contributed by atoms with Crippen LogP contribution in [0.15, 0.2) is 91.0 Å². The van der Waals surface area contributed by atoms with Crippen LogP contribution in [-0.4, -0.2) is 3.23 Å². The molecule has 0 heterocycles. The number of hydrogen-bond donors (Lipinski definition) is 0. The summed E-state index contributed by atoms with van der Waals surface area (Å²) in [7, 11) is 0. The average molecular weight is 456 g/mol. The fourth-order valence-corrected chi connectivity index (χ4v) is 7.76. The molecule has 1 saturated carbocycles. The molecular formula is C23H20Br2. The molecule has 2 heteroatoms. The first-order valence-corrected chi connectivity index (χ1v) is 10.3. The van der Waals surface area contributed by atoms with Crippen molar-refractivity contribution in [1.29, 1.82) is 0 Å². The zero-order valence-electron chi connectivity index (χ0n) is 14.1. The summed E-state index contributed by atoms with van der Waals surface area (Å²) in [5, 5.41) is 0. The van der Waals surface area contributed by atoms with Gasteiger partial charge in [0.15, 0.2) is 0 Å². The standard InChI is InChI=1S/C23H20Br2/c1-2-21(18-12-6-3-7-13-18)22(23(21,24)25,19-14-8-4-9-15-19)20-16-10-5-11-17-20/h3-17H,2H2,1H3. The van der Waals surface area contributed by atoms with E-state index in [0.717, 1.165) is 6.42 Å². The van der Waals surface area contributed by atoms with E-state index in [1.54, 1.807) is 0 Å². The molecule has 3 aromatic rings. The summed E-state index contributed by atoms with van der Waals surface area (Å²) in [6.45, 7) is 2.29. The highest BCUT2D eigenvalue weighted by molar-refractivity contribution is 9.25. The van der Waals surface area contributed by atoms with Gasteiger partial charge in [-0.05, 0) is 23.1 Å². The Bertz CT molecular complexity index is 817. The van der Waals surface area contributed by atoms with Crippen molar-refractivity contribution >= 4 is 31.9 Å². The molecule has 126 valence electrons. The SMILES string of the molecule is CCC1(c2ccccc2)C(Br)(Br)C1(c1ccccc1)c1ccccc1. The Morgan fingerprint density at radius 2 is 0.960 bits per heavy atom. The van der Waals surface area contributed by atoms with Gasteiger partial charge in [-0.15, -0.1) is 0 Å². The van der Waals surface area contributed by atoms with Gasteiger partial charge in [-0.3, -0.25) is 0 Å². The van der Waals surface area contributed by atoms with Gasteiger partial charge < -0.3 is 0 Å². The zero-order chi connectivity index (χ0) is 17.5. The maximum absolute atomic E-state index is 4.12. The van der Waals surface area contributed by atoms with Crippen LogP contribution in [0, 0.1) is 0 Å². The maximum atomic E-state index is 4.12. The van der Waals surface area contributed by atoms with E-state index in [9.17, 15) is 0 Å². The third kappa shape index (κ3) is 2.04. The van der Waals surface area contributed by atoms with E-state index in [1.165, 1.54) is 16.7 Å². The van der Waals surface area contributed by atoms with Gasteiger partial charge in [-0.1, -0.05) is 130 Å². The molecule has 25 heavy (non-hydrogen) atoms. The smallest absolute Gasteiger partial charge is 0.0703 e. The summed E-state index contributed by atoms with van der Waals surface area (Å²) >= 11 is 8.24. The lowest BCUT2D eigenvalue weighted by molar-refractivity contribution is 0.575. The van der Waals surface area contributed by atoms with E-state index in [1.807, 2.05) is 0 Å². The Hall–Kier alpha value is -1.38. The van der Waals surface area contributed by atoms with Gasteiger partial charge in [0, 0.05) is 5.41 Å². The van der Waals surface area contributed by atoms with Crippen LogP contribution in [-0.2, 0) is 10.8 Å². The lowest BCUT2D eigenvalue weighted by Gasteiger charge is -2.26. The number of hydrogen-bond acceptors (Lipinski definition) is 0. The van der Waals surface area contributed by atoms with E-state index >= 15 is 0 Å². The number of halogens is 2. The summed E-state index contributed by atoms with van der Waals surface area (Å²) < 4.78 is -0.237. The van der Waals surface area contributed by atoms with Crippen molar-refractivity contribution in [2.75, 3.05) is 0 Å². The second-order valence-corrected chi connectivity index (χ2v) is 10.1. The second kappa shape index (κ2) is 6.10. The van der Waals surface area contributed by atoms with Crippen molar-refractivity contribution in [2.45, 2.75) is 27.4 Å². The van der Waals surface area contributed by atoms with E-state index in [-0.39, 0.29) is 14.1 Å². The fourth-order valence-electron chi connectivity index (χ4n) is 4.75. The Kier molecular flexibility index (Phi) is 4.16. The molecule has 0 nitrogen and oxygen atoms in total. The molecule has 0 aliphatic heterocycles. The third-order valence-electron chi connectivity index (χ3n) is 5.80. The summed E-state index contributed by atoms with van der Waals surface area (Å²) in [5.41, 5.74) is 3.79. The molecule has 1 fully saturated rings. The topological polar surface area (TPSA) is 0 Å². The van der Waals surface area contributed by atoms with Crippen LogP contribution in [0.1, 0.15) is 30.0 Å². The highest BCUT2D eigenvalue weighted by Gasteiger charge is 2.85. The van der Waals surface area contributed by atoms with E-state index in [2.05, 4.69) is 130 Å². The molecule has 0 radical (unpaired) electrons. The molecular weight excluding hydrogens is 436 g/mol. The van der Waals surface area contributed by atoms with Crippen molar-refractivity contribution in [1.82, 2.24) is 0 Å². The van der Waals surface area contributed by atoms with Crippen LogP contribution >= 0.6 is 31.9 Å². The molecule has 0 amide bonds. The minimum absolute atomic E-state index is 0.0655. The lowest BCUT2D eigenvalue weighted by Crippen LogP contribution is -2.23. The van der Waals surface area contributed by atoms with Crippen molar-refractivity contribution in [3.63, 3.8) is 0 Å². The van der Waals surface area contributed by atoms with Crippen LogP contribution < -0.4 is 0 Å². The molecule has 1 aliphatic rings. The molecule has 1 aliphatic carbocycles. The Morgan fingerprint density at radius 3 is 1.32 bits per heavy atom. The minimum Gasteiger partial charge on any atom is -0.0703 e. The summed E-state index contributed by atoms with van der Waals surface area (Å²) in [4.78, 5) is 0. The van der Waals surface area contributed by atoms with Crippen LogP contribution in [0.4, 0.5) is 0 Å². The molecule has 0 N–H and O–H groups in total. The molecule has 1 atom stereocenters. The predicted molar refractivity (Wildman–Crippen MR) is 113 cm³/mol. The summed E-state index contributed by atoms with van der Waals surface area (Å²) in [6.07, 6.45) is 1.03. The van der Waals surface area contributed by atoms with Crippen molar-refractivity contribution in [3.05, 3.63) is 108 Å². The molecule has 0 spiro atoms. The van der Waals surface area contributed by atoms with Crippen molar-refractivity contribution in [3.8, 4) is 0 Å². The normalized spacial score (nSPS) is 23.2. The first-order valence-electron chi connectivity index (χ1n) is 8.67. The maximum Gasteiger partial charge on any atom is 0.106 e. The Morgan fingerprint density at radius 1 is 0.600 bits per heavy atom. The van der Waals surface area contributed by atoms with Gasteiger partial charge in [0.25, 0.3) is 0 Å². The molecule has 0 aromatic heterocycles. The predicted octanol–water partition coefficient (Wildman–Crippen LogP) is 6.82. The van der Waals surface area contributed by atoms with Gasteiger partial charge in [-0.25, -0.2) is 0 Å². The monoisotopic (exact) mass is 454 g/mol. The fraction of sp³-hybridized carbons (Fsp3) is 0.217. The van der Waals surface area contributed by atoms with Crippen LogP contribution in [0.5, 0.6) is 0 Å². The lowest BCUT2D eigenvalue weighted by atomic mass is 9.76. The van der Waals surface area contributed by atoms with Gasteiger partial charge in [0.1, 0.15) is 3.23 Å². The van der Waals surface area contributed by atoms with Gasteiger partial charge in [0.2, 0.25) is 0 Å². The molecule has 0 bridgehead atoms. The first-order chi connectivity index (χ1) is 12.1. The zero-order valence-corrected chi connectivity index (χ0v) is 17.3. The van der Waals surface area contributed by atoms with E-state index in [0.29, 0.717) is 0 Å². The minimum atomic E-state index is -0.237. The van der Waals surface area contributed by atoms with E-state index < -0.39 is 0 Å². The van der Waals surface area contributed by atoms with Crippen LogP contribution in [0.2, 0.25) is 0 Å². The van der Waals surface area contributed by atoms with Crippen LogP contribution in [0.25, 0.3) is 0 Å². The van der Waals surface area contributed by atoms with Crippen molar-refractivity contribution in [2.24, 2.45) is 0 Å². The molecule has 1 unspecified atom stereocenters. The summed E-state index contributed by atoms with van der Waals surface area (Å²) in [5.74, 6) is 0. The number of benzene rings is 3. The largest absolute Gasteiger partial charge is 0.106 e. The number of rotatable bonds is 4. The third-order valence-corrected chi connectivity index (χ3v) is 8.34. The Balaban J connectivity index is 2.06. The summed E-state index contributed by atoms with van der Waals surface area (Å²) in [6, 6.07) is 32.6. The molecule has 0 saturated heterocycles. The van der Waals surface area contributed by atoms with Gasteiger partial charge in [0.05, 0.1) is 5.41 Å². The average Bonchev–Trinajstić information content (AvgIpc) is 3.15. The second-order valence-electron chi connectivity index (χ2n) is 6.68. The highest BCUT2D eigenvalue weighted by atomic mass is 79.9. The van der Waals surface area contributed by atoms with Gasteiger partial charge in [-0.2, -0.15) is 0 Å².